The fraction of sp³-hybridized carbons (Fsp3) is 0.819. The quantitative estimate of drug-likeness (QED) is 0.0674. The van der Waals surface area contributed by atoms with Crippen LogP contribution in [-0.2, 0) is 62.8 Å². The summed E-state index contributed by atoms with van der Waals surface area (Å²) in [5.41, 5.74) is 8.41. The minimum Gasteiger partial charge on any atom is -0.446 e. The molecule has 0 spiro atoms. The summed E-state index contributed by atoms with van der Waals surface area (Å²) in [5.74, 6) is 14.6. The van der Waals surface area contributed by atoms with Crippen molar-refractivity contribution in [1.29, 1.82) is 0 Å². The summed E-state index contributed by atoms with van der Waals surface area (Å²) >= 11 is 0. The third-order valence-electron chi connectivity index (χ3n) is 28.9. The first-order valence-corrected chi connectivity index (χ1v) is 62.5. The van der Waals surface area contributed by atoms with Crippen molar-refractivity contribution in [2.75, 3.05) is 162 Å². The van der Waals surface area contributed by atoms with E-state index in [9.17, 15) is 50.4 Å². The zero-order valence-corrected chi connectivity index (χ0v) is 100. The van der Waals surface area contributed by atoms with Crippen LogP contribution in [0.5, 0.6) is 0 Å². The highest BCUT2D eigenvalue weighted by Gasteiger charge is 2.30. The lowest BCUT2D eigenvalue weighted by Crippen LogP contribution is -2.40. The van der Waals surface area contributed by atoms with Crippen molar-refractivity contribution in [3.05, 3.63) is 69.9 Å². The smallest absolute Gasteiger partial charge is 0.410 e. The SMILES string of the molecule is C=S(C)(=O)N1CC=C(C)CC1.C=S(C)(=O)N1CCC(C)CC1.CC(C)CC(=O)N1CCC(C)CC1.CC1=CCN(C(=O)CC(C)C)CC1.CC1=CCNCC1.CC1CCCCC1.CC1CCN(C(=O)C(C)C)CC1.CCC(C)OC(=O)N1CC=C(C)CC1.CCC(C)OC(=O)N1CC=C(C)CC1.CCC(CC)OC(=O)N1CC=C(C)CC1.CCC(CC)OC(=O)N1CCC(C)CC1.CCCS(=O)(=O)N1CCC(C)CC1. The van der Waals surface area contributed by atoms with Gasteiger partial charge in [0.25, 0.3) is 0 Å². The largest absolute Gasteiger partial charge is 0.446 e. The molecule has 11 heterocycles. The predicted molar refractivity (Wildman–Crippen MR) is 612 cm³/mol. The van der Waals surface area contributed by atoms with Crippen LogP contribution in [-0.4, -0.2) is 305 Å². The van der Waals surface area contributed by atoms with Crippen molar-refractivity contribution in [2.45, 2.75) is 404 Å². The molecule has 7 amide bonds. The van der Waals surface area contributed by atoms with E-state index in [-0.39, 0.29) is 54.7 Å². The molecular formula is C116H217N11O15S3. The van der Waals surface area contributed by atoms with Crippen LogP contribution in [0.4, 0.5) is 19.2 Å². The molecule has 1 saturated carbocycles. The van der Waals surface area contributed by atoms with Crippen LogP contribution in [0.3, 0.4) is 0 Å². The first-order chi connectivity index (χ1) is 68.2. The van der Waals surface area contributed by atoms with E-state index >= 15 is 0 Å². The molecule has 1 N–H and O–H groups in total. The molecule has 0 aromatic carbocycles. The molecule has 0 bridgehead atoms. The zero-order valence-electron chi connectivity index (χ0n) is 97.7. The minimum atomic E-state index is -2.92. The number of ether oxygens (including phenoxy) is 4. The standard InChI is InChI=1S/C12H23NO2.C12H21NO2.2C11H19NO2.C11H21NO.C11H19NO.C10H19NO.C9H19NO2S.C8H17NOS.C8H15NOS.C7H14.C6H11N/c2*1-4-11(5-2)15-12(14)13-8-6-10(3)7-9-13;2*1-4-10(3)14-11(13)12-7-5-9(2)6-8-12;2*1-9(2)8-11(13)12-6-4-10(3)5-7-12;1-8(2)10(12)11-6-4-9(3)5-7-11;1-3-8-13(11,12)10-6-4-9(2)5-7-10;2*1-8-4-6-9(7-5-8)11(2,3)10;1-7-5-3-2-4-6-7;1-6-2-4-7-5-3-6/h10-11H,4-9H2,1-3H3;6,11H,4-5,7-9H2,1-3H3;2*5,10H,4,6-8H2,1-3H3;9-10H,4-8H2,1-3H3;4,9H,5-8H2,1-3H3;8-9H,4-7H2,1-3H3;9H,3-8H2,1-2H3;8H,2,4-7H2,1,3H3;4H,2,5-7H2,1,3H3;7H,2-6H2,1H3;2,7H,3-5H2,1H3. The van der Waals surface area contributed by atoms with Crippen LogP contribution >= 0.6 is 0 Å². The van der Waals surface area contributed by atoms with Gasteiger partial charge in [-0.15, -0.1) is 0 Å². The van der Waals surface area contributed by atoms with Gasteiger partial charge in [0.15, 0.2) is 0 Å². The molecule has 145 heavy (non-hydrogen) atoms. The topological polar surface area (TPSA) is 269 Å². The van der Waals surface area contributed by atoms with Crippen LogP contribution in [0.15, 0.2) is 69.9 Å². The maximum atomic E-state index is 11.7. The van der Waals surface area contributed by atoms with Gasteiger partial charge in [0.1, 0.15) is 24.4 Å². The highest BCUT2D eigenvalue weighted by molar-refractivity contribution is 7.97. The summed E-state index contributed by atoms with van der Waals surface area (Å²) in [7, 11) is -6.80. The van der Waals surface area contributed by atoms with Gasteiger partial charge >= 0.3 is 24.4 Å². The monoisotopic (exact) mass is 2100 g/mol. The Kier molecular flexibility index (Phi) is 72.0. The summed E-state index contributed by atoms with van der Waals surface area (Å²) in [5, 5.41) is 3.24. The average molecular weight is 2100 g/mol. The molecule has 11 aliphatic heterocycles. The number of piperidine rings is 5. The van der Waals surface area contributed by atoms with Gasteiger partial charge in [0.2, 0.25) is 27.7 Å². The Balaban J connectivity index is 0.000000794. The second-order valence-corrected chi connectivity index (χ2v) is 51.6. The van der Waals surface area contributed by atoms with Gasteiger partial charge < -0.3 is 58.6 Å². The zero-order chi connectivity index (χ0) is 110. The predicted octanol–water partition coefficient (Wildman–Crippen LogP) is 24.4. The fourth-order valence-electron chi connectivity index (χ4n) is 17.0. The van der Waals surface area contributed by atoms with Gasteiger partial charge in [-0.05, 0) is 269 Å². The van der Waals surface area contributed by atoms with Crippen LogP contribution in [0.1, 0.15) is 380 Å². The van der Waals surface area contributed by atoms with E-state index in [0.717, 1.165) is 244 Å². The minimum absolute atomic E-state index is 0.0227. The molecule has 844 valence electrons. The second-order valence-electron chi connectivity index (χ2n) is 44.7. The third kappa shape index (κ3) is 63.6. The first kappa shape index (κ1) is 137. The molecule has 0 aromatic rings. The third-order valence-corrected chi connectivity index (χ3v) is 33.9. The Bertz CT molecular complexity index is 4100. The lowest BCUT2D eigenvalue weighted by Gasteiger charge is -2.31. The molecule has 4 atom stereocenters. The van der Waals surface area contributed by atoms with E-state index in [1.165, 1.54) is 117 Å². The van der Waals surface area contributed by atoms with Gasteiger partial charge in [-0.1, -0.05) is 234 Å². The number of carbonyl (C=O) groups excluding carboxylic acids is 7. The van der Waals surface area contributed by atoms with Crippen LogP contribution in [0.25, 0.3) is 0 Å². The molecule has 12 rings (SSSR count). The molecular weight excluding hydrogens is 1880 g/mol. The number of nitrogens with one attached hydrogen (secondary N) is 1. The van der Waals surface area contributed by atoms with Crippen molar-refractivity contribution < 1.29 is 69.3 Å². The Morgan fingerprint density at radius 2 is 0.634 bits per heavy atom. The number of amides is 7. The Morgan fingerprint density at radius 1 is 0.338 bits per heavy atom. The number of nitrogens with zero attached hydrogens (tertiary/aromatic N) is 10. The van der Waals surface area contributed by atoms with Crippen molar-refractivity contribution >= 4 is 83.3 Å². The van der Waals surface area contributed by atoms with E-state index in [1.54, 1.807) is 31.5 Å². The summed E-state index contributed by atoms with van der Waals surface area (Å²) in [6.07, 6.45) is 48.2. The maximum Gasteiger partial charge on any atom is 0.410 e. The molecule has 0 aromatic heterocycles. The second kappa shape index (κ2) is 76.3. The van der Waals surface area contributed by atoms with Crippen LogP contribution < -0.4 is 5.32 Å². The van der Waals surface area contributed by atoms with Crippen molar-refractivity contribution in [1.82, 2.24) is 52.5 Å². The van der Waals surface area contributed by atoms with Gasteiger partial charge in [-0.25, -0.2) is 40.5 Å². The van der Waals surface area contributed by atoms with E-state index in [1.807, 2.05) is 90.5 Å². The number of likely N-dealkylation sites (tertiary alicyclic amines) is 3. The van der Waals surface area contributed by atoms with Crippen LogP contribution in [0, 0.1) is 53.3 Å². The summed E-state index contributed by atoms with van der Waals surface area (Å²) in [6.45, 7) is 75.7. The van der Waals surface area contributed by atoms with Gasteiger partial charge in [-0.3, -0.25) is 22.8 Å². The van der Waals surface area contributed by atoms with E-state index in [4.69, 9.17) is 18.9 Å². The summed E-state index contributed by atoms with van der Waals surface area (Å²) in [6, 6.07) is 0. The number of hydrogen-bond donors (Lipinski definition) is 1. The summed E-state index contributed by atoms with van der Waals surface area (Å²) < 4.78 is 73.0. The molecule has 29 heteroatoms. The Labute approximate surface area is 888 Å². The Morgan fingerprint density at radius 3 is 0.903 bits per heavy atom. The van der Waals surface area contributed by atoms with E-state index < -0.39 is 29.4 Å². The molecule has 12 aliphatic rings. The maximum absolute atomic E-state index is 11.7. The number of hydrogen-bond acceptors (Lipinski definition) is 16. The van der Waals surface area contributed by atoms with Crippen molar-refractivity contribution in [3.63, 3.8) is 0 Å². The molecule has 4 unspecified atom stereocenters. The van der Waals surface area contributed by atoms with Crippen molar-refractivity contribution in [3.8, 4) is 0 Å². The van der Waals surface area contributed by atoms with Gasteiger partial charge in [-0.2, -0.15) is 0 Å². The van der Waals surface area contributed by atoms with Gasteiger partial charge in [0.05, 0.1) is 5.75 Å². The van der Waals surface area contributed by atoms with E-state index in [2.05, 4.69) is 178 Å². The number of rotatable bonds is 20. The summed E-state index contributed by atoms with van der Waals surface area (Å²) in [4.78, 5) is 94.4. The number of carbonyl (C=O) groups is 7. The Hall–Kier alpha value is -6.24. The number of sulfonamides is 1. The fourth-order valence-corrected chi connectivity index (χ4v) is 20.4. The van der Waals surface area contributed by atoms with Crippen LogP contribution in [0.2, 0.25) is 0 Å². The first-order valence-electron chi connectivity index (χ1n) is 56.7. The van der Waals surface area contributed by atoms with Gasteiger partial charge in [0, 0.05) is 188 Å². The molecule has 5 saturated heterocycles. The van der Waals surface area contributed by atoms with Crippen molar-refractivity contribution in [2.24, 2.45) is 53.3 Å². The highest BCUT2D eigenvalue weighted by Crippen LogP contribution is 2.27. The average Bonchev–Trinajstić information content (AvgIpc) is 0.860. The molecule has 6 fully saturated rings. The highest BCUT2D eigenvalue weighted by atomic mass is 32.2. The molecule has 26 nitrogen and oxygen atoms in total. The lowest BCUT2D eigenvalue weighted by atomic mass is 9.91. The lowest BCUT2D eigenvalue weighted by molar-refractivity contribution is -0.136. The normalized spacial score (nSPS) is 20.6. The molecule has 1 aliphatic carbocycles. The van der Waals surface area contributed by atoms with E-state index in [0.29, 0.717) is 80.1 Å². The molecule has 0 radical (unpaired) electrons.